The summed E-state index contributed by atoms with van der Waals surface area (Å²) in [4.78, 5) is 25.5. The van der Waals surface area contributed by atoms with Gasteiger partial charge in [0.15, 0.2) is 0 Å². The number of nitrogens with zero attached hydrogens (tertiary/aromatic N) is 1. The van der Waals surface area contributed by atoms with Crippen LogP contribution in [-0.2, 0) is 4.79 Å². The summed E-state index contributed by atoms with van der Waals surface area (Å²) in [6.07, 6.45) is -0.552. The van der Waals surface area contributed by atoms with Crippen molar-refractivity contribution in [1.29, 1.82) is 0 Å². The fourth-order valence-electron chi connectivity index (χ4n) is 2.33. The molecule has 2 rings (SSSR count). The summed E-state index contributed by atoms with van der Waals surface area (Å²) in [6.45, 7) is 2.66. The van der Waals surface area contributed by atoms with Gasteiger partial charge in [-0.05, 0) is 37.6 Å². The number of anilines is 1. The standard InChI is InChI=1S/C17H23F2N3O2/c1-2-22(11-15(18)19)9-8-20-16(23)13-4-3-5-14(10-13)21-17(24)12-6-7-12/h3-5,10,12,15H,2,6-9,11H2,1H3,(H,20,23)(H,21,24). The minimum Gasteiger partial charge on any atom is -0.351 e. The number of likely N-dealkylation sites (N-methyl/N-ethyl adjacent to an activating group) is 1. The highest BCUT2D eigenvalue weighted by Crippen LogP contribution is 2.30. The molecule has 2 amide bonds. The lowest BCUT2D eigenvalue weighted by molar-refractivity contribution is -0.117. The van der Waals surface area contributed by atoms with Crippen LogP contribution >= 0.6 is 0 Å². The lowest BCUT2D eigenvalue weighted by atomic mass is 10.2. The summed E-state index contributed by atoms with van der Waals surface area (Å²) in [6, 6.07) is 6.70. The Balaban J connectivity index is 1.82. The van der Waals surface area contributed by atoms with Gasteiger partial charge in [0.2, 0.25) is 5.91 Å². The largest absolute Gasteiger partial charge is 0.351 e. The number of amides is 2. The second kappa shape index (κ2) is 8.73. The molecule has 0 atom stereocenters. The normalized spacial score (nSPS) is 14.0. The minimum atomic E-state index is -2.38. The van der Waals surface area contributed by atoms with Crippen LogP contribution in [0.25, 0.3) is 0 Å². The van der Waals surface area contributed by atoms with Crippen molar-refractivity contribution in [2.24, 2.45) is 5.92 Å². The number of alkyl halides is 2. The molecular weight excluding hydrogens is 316 g/mol. The van der Waals surface area contributed by atoms with Gasteiger partial charge in [-0.3, -0.25) is 14.5 Å². The number of hydrogen-bond donors (Lipinski definition) is 2. The average molecular weight is 339 g/mol. The molecule has 0 radical (unpaired) electrons. The molecule has 1 fully saturated rings. The van der Waals surface area contributed by atoms with Gasteiger partial charge in [0, 0.05) is 30.3 Å². The van der Waals surface area contributed by atoms with E-state index >= 15 is 0 Å². The summed E-state index contributed by atoms with van der Waals surface area (Å²) < 4.78 is 24.7. The fraction of sp³-hybridized carbons (Fsp3) is 0.529. The Hall–Kier alpha value is -2.02. The zero-order valence-electron chi connectivity index (χ0n) is 13.7. The molecule has 0 aliphatic heterocycles. The van der Waals surface area contributed by atoms with E-state index in [0.29, 0.717) is 24.3 Å². The Morgan fingerprint density at radius 1 is 1.33 bits per heavy atom. The van der Waals surface area contributed by atoms with Crippen molar-refractivity contribution >= 4 is 17.5 Å². The van der Waals surface area contributed by atoms with Crippen LogP contribution in [0, 0.1) is 5.92 Å². The van der Waals surface area contributed by atoms with E-state index in [9.17, 15) is 18.4 Å². The molecule has 7 heteroatoms. The van der Waals surface area contributed by atoms with Crippen LogP contribution in [0.1, 0.15) is 30.1 Å². The van der Waals surface area contributed by atoms with Gasteiger partial charge in [-0.1, -0.05) is 13.0 Å². The summed E-state index contributed by atoms with van der Waals surface area (Å²) in [5.41, 5.74) is 1.02. The maximum atomic E-state index is 12.4. The van der Waals surface area contributed by atoms with Crippen molar-refractivity contribution in [1.82, 2.24) is 10.2 Å². The molecule has 1 aromatic carbocycles. The van der Waals surface area contributed by atoms with E-state index in [-0.39, 0.29) is 30.8 Å². The highest BCUT2D eigenvalue weighted by Gasteiger charge is 2.29. The molecule has 0 heterocycles. The average Bonchev–Trinajstić information content (AvgIpc) is 3.38. The molecule has 1 aromatic rings. The van der Waals surface area contributed by atoms with Crippen molar-refractivity contribution in [2.45, 2.75) is 26.2 Å². The third kappa shape index (κ3) is 5.88. The number of nitrogens with one attached hydrogen (secondary N) is 2. The SMILES string of the molecule is CCN(CCNC(=O)c1cccc(NC(=O)C2CC2)c1)CC(F)F. The Morgan fingerprint density at radius 2 is 2.08 bits per heavy atom. The third-order valence-electron chi connectivity index (χ3n) is 3.90. The summed E-state index contributed by atoms with van der Waals surface area (Å²) in [5.74, 6) is -0.207. The lowest BCUT2D eigenvalue weighted by Gasteiger charge is -2.19. The highest BCUT2D eigenvalue weighted by atomic mass is 19.3. The molecule has 5 nitrogen and oxygen atoms in total. The molecule has 132 valence electrons. The zero-order valence-corrected chi connectivity index (χ0v) is 13.7. The second-order valence-corrected chi connectivity index (χ2v) is 5.88. The second-order valence-electron chi connectivity index (χ2n) is 5.88. The first-order valence-corrected chi connectivity index (χ1v) is 8.19. The fourth-order valence-corrected chi connectivity index (χ4v) is 2.33. The van der Waals surface area contributed by atoms with Crippen LogP contribution in [0.3, 0.4) is 0 Å². The Morgan fingerprint density at radius 3 is 2.71 bits per heavy atom. The van der Waals surface area contributed by atoms with E-state index in [1.165, 1.54) is 0 Å². The van der Waals surface area contributed by atoms with Crippen molar-refractivity contribution in [3.8, 4) is 0 Å². The van der Waals surface area contributed by atoms with E-state index in [2.05, 4.69) is 10.6 Å². The van der Waals surface area contributed by atoms with Crippen molar-refractivity contribution in [2.75, 3.05) is 31.5 Å². The van der Waals surface area contributed by atoms with Crippen molar-refractivity contribution in [3.05, 3.63) is 29.8 Å². The van der Waals surface area contributed by atoms with Crippen LogP contribution in [-0.4, -0.2) is 49.3 Å². The Kier molecular flexibility index (Phi) is 6.66. The van der Waals surface area contributed by atoms with Crippen molar-refractivity contribution < 1.29 is 18.4 Å². The predicted octanol–water partition coefficient (Wildman–Crippen LogP) is 2.35. The van der Waals surface area contributed by atoms with Gasteiger partial charge in [0.25, 0.3) is 12.3 Å². The number of hydrogen-bond acceptors (Lipinski definition) is 3. The van der Waals surface area contributed by atoms with Crippen molar-refractivity contribution in [3.63, 3.8) is 0 Å². The molecule has 24 heavy (non-hydrogen) atoms. The molecule has 0 saturated heterocycles. The molecule has 1 aliphatic carbocycles. The Bertz CT molecular complexity index is 577. The van der Waals surface area contributed by atoms with Crippen LogP contribution in [0.5, 0.6) is 0 Å². The van der Waals surface area contributed by atoms with Gasteiger partial charge in [0.05, 0.1) is 6.54 Å². The first-order valence-electron chi connectivity index (χ1n) is 8.19. The van der Waals surface area contributed by atoms with Gasteiger partial charge < -0.3 is 10.6 Å². The first kappa shape index (κ1) is 18.3. The topological polar surface area (TPSA) is 61.4 Å². The molecule has 1 aliphatic rings. The van der Waals surface area contributed by atoms with E-state index in [0.717, 1.165) is 12.8 Å². The number of benzene rings is 1. The van der Waals surface area contributed by atoms with Crippen LogP contribution in [0.2, 0.25) is 0 Å². The molecule has 0 aromatic heterocycles. The summed E-state index contributed by atoms with van der Waals surface area (Å²) in [7, 11) is 0. The monoisotopic (exact) mass is 339 g/mol. The molecule has 0 spiro atoms. The number of rotatable bonds is 9. The lowest BCUT2D eigenvalue weighted by Crippen LogP contribution is -2.37. The molecule has 0 unspecified atom stereocenters. The van der Waals surface area contributed by atoms with Gasteiger partial charge in [0.1, 0.15) is 0 Å². The third-order valence-corrected chi connectivity index (χ3v) is 3.90. The Labute approximate surface area is 140 Å². The molecule has 0 bridgehead atoms. The highest BCUT2D eigenvalue weighted by molar-refractivity contribution is 5.98. The maximum absolute atomic E-state index is 12.4. The number of carbonyl (C=O) groups is 2. The van der Waals surface area contributed by atoms with Crippen LogP contribution in [0.15, 0.2) is 24.3 Å². The van der Waals surface area contributed by atoms with E-state index in [1.807, 2.05) is 0 Å². The quantitative estimate of drug-likeness (QED) is 0.726. The van der Waals surface area contributed by atoms with E-state index < -0.39 is 6.43 Å². The smallest absolute Gasteiger partial charge is 0.251 e. The van der Waals surface area contributed by atoms with Crippen LogP contribution < -0.4 is 10.6 Å². The summed E-state index contributed by atoms with van der Waals surface area (Å²) in [5, 5.41) is 5.51. The molecule has 2 N–H and O–H groups in total. The minimum absolute atomic E-state index is 0.0156. The maximum Gasteiger partial charge on any atom is 0.251 e. The van der Waals surface area contributed by atoms with E-state index in [4.69, 9.17) is 0 Å². The van der Waals surface area contributed by atoms with Gasteiger partial charge in [-0.25, -0.2) is 8.78 Å². The predicted molar refractivity (Wildman–Crippen MR) is 88.2 cm³/mol. The molecule has 1 saturated carbocycles. The molecular formula is C17H23F2N3O2. The number of carbonyl (C=O) groups excluding carboxylic acids is 2. The van der Waals surface area contributed by atoms with Crippen LogP contribution in [0.4, 0.5) is 14.5 Å². The summed E-state index contributed by atoms with van der Waals surface area (Å²) >= 11 is 0. The van der Waals surface area contributed by atoms with Gasteiger partial charge in [-0.15, -0.1) is 0 Å². The van der Waals surface area contributed by atoms with Gasteiger partial charge >= 0.3 is 0 Å². The van der Waals surface area contributed by atoms with E-state index in [1.54, 1.807) is 36.1 Å². The zero-order chi connectivity index (χ0) is 17.5. The number of halogens is 2. The first-order chi connectivity index (χ1) is 11.5. The van der Waals surface area contributed by atoms with Gasteiger partial charge in [-0.2, -0.15) is 0 Å².